The normalized spacial score (nSPS) is 13.0. The summed E-state index contributed by atoms with van der Waals surface area (Å²) in [6, 6.07) is 13.1. The number of H-pyrrole nitrogens is 1. The van der Waals surface area contributed by atoms with E-state index in [4.69, 9.17) is 4.74 Å². The van der Waals surface area contributed by atoms with Crippen LogP contribution in [0.3, 0.4) is 0 Å². The number of nitrogens with one attached hydrogen (secondary N) is 2. The Bertz CT molecular complexity index is 975. The van der Waals surface area contributed by atoms with E-state index < -0.39 is 18.0 Å². The Labute approximate surface area is 160 Å². The molecule has 1 amide bonds. The zero-order valence-electron chi connectivity index (χ0n) is 15.7. The van der Waals surface area contributed by atoms with Crippen molar-refractivity contribution in [2.75, 3.05) is 5.32 Å². The lowest BCUT2D eigenvalue weighted by Gasteiger charge is -2.15. The molecule has 2 N–H and O–H groups in total. The first kappa shape index (κ1) is 19.8. The van der Waals surface area contributed by atoms with Gasteiger partial charge in [0, 0.05) is 16.6 Å². The number of benzene rings is 2. The van der Waals surface area contributed by atoms with Gasteiger partial charge in [-0.25, -0.2) is 0 Å². The minimum absolute atomic E-state index is 0.347. The fraction of sp³-hybridized carbons (Fsp3) is 0.286. The number of rotatable bonds is 5. The number of ether oxygens (including phenoxy) is 1. The van der Waals surface area contributed by atoms with Gasteiger partial charge >= 0.3 is 6.18 Å². The zero-order valence-corrected chi connectivity index (χ0v) is 15.7. The van der Waals surface area contributed by atoms with Crippen molar-refractivity contribution < 1.29 is 22.7 Å². The Hall–Kier alpha value is -2.96. The summed E-state index contributed by atoms with van der Waals surface area (Å²) in [5.74, 6) is 0.581. The SMILES string of the molecule is CC(Oc1ccc(C(C)C)cc1)C(=O)Nc1ccc2[nH]c(C(F)(F)F)cc2c1. The van der Waals surface area contributed by atoms with E-state index in [9.17, 15) is 18.0 Å². The van der Waals surface area contributed by atoms with Crippen LogP contribution in [0.15, 0.2) is 48.5 Å². The van der Waals surface area contributed by atoms with Gasteiger partial charge in [-0.1, -0.05) is 26.0 Å². The van der Waals surface area contributed by atoms with Crippen LogP contribution in [0.2, 0.25) is 0 Å². The summed E-state index contributed by atoms with van der Waals surface area (Å²) < 4.78 is 44.1. The van der Waals surface area contributed by atoms with Crippen LogP contribution in [0.25, 0.3) is 10.9 Å². The number of aromatic nitrogens is 1. The van der Waals surface area contributed by atoms with Gasteiger partial charge < -0.3 is 15.0 Å². The molecular formula is C21H21F3N2O2. The monoisotopic (exact) mass is 390 g/mol. The molecule has 1 unspecified atom stereocenters. The fourth-order valence-corrected chi connectivity index (χ4v) is 2.80. The minimum Gasteiger partial charge on any atom is -0.481 e. The Kier molecular flexibility index (Phi) is 5.36. The summed E-state index contributed by atoms with van der Waals surface area (Å²) in [6.07, 6.45) is -5.21. The number of amides is 1. The highest BCUT2D eigenvalue weighted by Gasteiger charge is 2.32. The van der Waals surface area contributed by atoms with Gasteiger partial charge in [0.25, 0.3) is 5.91 Å². The van der Waals surface area contributed by atoms with Gasteiger partial charge in [0.2, 0.25) is 0 Å². The number of fused-ring (bicyclic) bond motifs is 1. The number of anilines is 1. The first-order valence-corrected chi connectivity index (χ1v) is 8.91. The van der Waals surface area contributed by atoms with Crippen molar-refractivity contribution in [3.05, 3.63) is 59.8 Å². The number of hydrogen-bond donors (Lipinski definition) is 2. The second-order valence-electron chi connectivity index (χ2n) is 6.96. The van der Waals surface area contributed by atoms with E-state index in [1.807, 2.05) is 24.3 Å². The van der Waals surface area contributed by atoms with Gasteiger partial charge in [0.15, 0.2) is 6.10 Å². The quantitative estimate of drug-likeness (QED) is 0.586. The average Bonchev–Trinajstić information content (AvgIpc) is 3.06. The summed E-state index contributed by atoms with van der Waals surface area (Å²) in [6.45, 7) is 5.79. The summed E-state index contributed by atoms with van der Waals surface area (Å²) in [5.41, 5.74) is 1.09. The molecule has 0 radical (unpaired) electrons. The predicted octanol–water partition coefficient (Wildman–Crippen LogP) is 5.72. The third-order valence-electron chi connectivity index (χ3n) is 4.42. The molecule has 0 saturated heterocycles. The molecule has 148 valence electrons. The van der Waals surface area contributed by atoms with Gasteiger partial charge in [0.1, 0.15) is 11.4 Å². The maximum absolute atomic E-state index is 12.8. The molecule has 3 rings (SSSR count). The van der Waals surface area contributed by atoms with Gasteiger partial charge in [-0.3, -0.25) is 4.79 Å². The van der Waals surface area contributed by atoms with Crippen molar-refractivity contribution in [2.45, 2.75) is 39.0 Å². The van der Waals surface area contributed by atoms with Crippen LogP contribution in [0.4, 0.5) is 18.9 Å². The lowest BCUT2D eigenvalue weighted by atomic mass is 10.0. The Morgan fingerprint density at radius 3 is 2.32 bits per heavy atom. The molecule has 0 saturated carbocycles. The third-order valence-corrected chi connectivity index (χ3v) is 4.42. The molecule has 0 bridgehead atoms. The Morgan fingerprint density at radius 2 is 1.71 bits per heavy atom. The van der Waals surface area contributed by atoms with E-state index in [0.29, 0.717) is 28.3 Å². The molecule has 1 atom stereocenters. The van der Waals surface area contributed by atoms with E-state index in [1.165, 1.54) is 17.7 Å². The van der Waals surface area contributed by atoms with Crippen LogP contribution >= 0.6 is 0 Å². The molecule has 28 heavy (non-hydrogen) atoms. The lowest BCUT2D eigenvalue weighted by Crippen LogP contribution is -2.30. The first-order chi connectivity index (χ1) is 13.1. The van der Waals surface area contributed by atoms with Crippen molar-refractivity contribution in [2.24, 2.45) is 0 Å². The smallest absolute Gasteiger partial charge is 0.431 e. The van der Waals surface area contributed by atoms with Gasteiger partial charge in [-0.05, 0) is 54.8 Å². The summed E-state index contributed by atoms with van der Waals surface area (Å²) in [5, 5.41) is 3.04. The van der Waals surface area contributed by atoms with Crippen LogP contribution in [0.1, 0.15) is 37.9 Å². The highest BCUT2D eigenvalue weighted by atomic mass is 19.4. The fourth-order valence-electron chi connectivity index (χ4n) is 2.80. The highest BCUT2D eigenvalue weighted by molar-refractivity contribution is 5.96. The Balaban J connectivity index is 1.67. The summed E-state index contributed by atoms with van der Waals surface area (Å²) in [7, 11) is 0. The zero-order chi connectivity index (χ0) is 20.5. The van der Waals surface area contributed by atoms with E-state index in [2.05, 4.69) is 24.1 Å². The minimum atomic E-state index is -4.45. The molecule has 0 aliphatic rings. The van der Waals surface area contributed by atoms with Gasteiger partial charge in [0.05, 0.1) is 0 Å². The van der Waals surface area contributed by atoms with E-state index >= 15 is 0 Å². The number of carbonyl (C=O) groups excluding carboxylic acids is 1. The lowest BCUT2D eigenvalue weighted by molar-refractivity contribution is -0.140. The Morgan fingerprint density at radius 1 is 1.04 bits per heavy atom. The molecule has 3 aromatic rings. The summed E-state index contributed by atoms with van der Waals surface area (Å²) in [4.78, 5) is 14.7. The number of hydrogen-bond acceptors (Lipinski definition) is 2. The van der Waals surface area contributed by atoms with Crippen LogP contribution in [0, 0.1) is 0 Å². The maximum Gasteiger partial charge on any atom is 0.431 e. The van der Waals surface area contributed by atoms with E-state index in [0.717, 1.165) is 6.07 Å². The first-order valence-electron chi connectivity index (χ1n) is 8.91. The maximum atomic E-state index is 12.8. The van der Waals surface area contributed by atoms with Crippen molar-refractivity contribution >= 4 is 22.5 Å². The van der Waals surface area contributed by atoms with Crippen LogP contribution in [-0.2, 0) is 11.0 Å². The second-order valence-corrected chi connectivity index (χ2v) is 6.96. The van der Waals surface area contributed by atoms with Crippen molar-refractivity contribution in [3.63, 3.8) is 0 Å². The molecule has 1 heterocycles. The third kappa shape index (κ3) is 4.47. The van der Waals surface area contributed by atoms with Gasteiger partial charge in [-0.15, -0.1) is 0 Å². The molecule has 2 aromatic carbocycles. The van der Waals surface area contributed by atoms with Crippen LogP contribution < -0.4 is 10.1 Å². The molecule has 0 fully saturated rings. The van der Waals surface area contributed by atoms with E-state index in [-0.39, 0.29) is 5.91 Å². The molecule has 4 nitrogen and oxygen atoms in total. The topological polar surface area (TPSA) is 54.1 Å². The predicted molar refractivity (Wildman–Crippen MR) is 103 cm³/mol. The molecule has 0 spiro atoms. The standard InChI is InChI=1S/C21H21F3N2O2/c1-12(2)14-4-7-17(8-5-14)28-13(3)20(27)25-16-6-9-18-15(10-16)11-19(26-18)21(22,23)24/h4-13,26H,1-3H3,(H,25,27). The van der Waals surface area contributed by atoms with E-state index in [1.54, 1.807) is 13.0 Å². The van der Waals surface area contributed by atoms with Gasteiger partial charge in [-0.2, -0.15) is 13.2 Å². The molecule has 0 aliphatic carbocycles. The van der Waals surface area contributed by atoms with Crippen molar-refractivity contribution in [1.82, 2.24) is 4.98 Å². The van der Waals surface area contributed by atoms with Crippen molar-refractivity contribution in [1.29, 1.82) is 0 Å². The largest absolute Gasteiger partial charge is 0.481 e. The molecule has 0 aliphatic heterocycles. The molecular weight excluding hydrogens is 369 g/mol. The van der Waals surface area contributed by atoms with Crippen molar-refractivity contribution in [3.8, 4) is 5.75 Å². The molecule has 1 aromatic heterocycles. The molecule has 7 heteroatoms. The second kappa shape index (κ2) is 7.58. The summed E-state index contributed by atoms with van der Waals surface area (Å²) >= 11 is 0. The number of halogens is 3. The number of aromatic amines is 1. The van der Waals surface area contributed by atoms with Crippen LogP contribution in [-0.4, -0.2) is 17.0 Å². The average molecular weight is 390 g/mol. The van der Waals surface area contributed by atoms with Crippen LogP contribution in [0.5, 0.6) is 5.75 Å². The number of alkyl halides is 3. The highest BCUT2D eigenvalue weighted by Crippen LogP contribution is 2.32. The number of carbonyl (C=O) groups is 1.